The van der Waals surface area contributed by atoms with Crippen LogP contribution in [0.4, 0.5) is 0 Å². The van der Waals surface area contributed by atoms with Gasteiger partial charge in [0, 0.05) is 18.5 Å². The highest BCUT2D eigenvalue weighted by atomic mass is 32.1. The lowest BCUT2D eigenvalue weighted by atomic mass is 10.0. The number of aromatic nitrogens is 1. The van der Waals surface area contributed by atoms with Crippen molar-refractivity contribution in [3.8, 4) is 10.6 Å². The second-order valence-electron chi connectivity index (χ2n) is 6.14. The minimum absolute atomic E-state index is 0.0178. The molecule has 4 nitrogen and oxygen atoms in total. The van der Waals surface area contributed by atoms with Gasteiger partial charge < -0.3 is 9.42 Å². The van der Waals surface area contributed by atoms with E-state index in [1.807, 2.05) is 42.3 Å². The van der Waals surface area contributed by atoms with Gasteiger partial charge in [0.05, 0.1) is 10.9 Å². The van der Waals surface area contributed by atoms with Gasteiger partial charge in [-0.25, -0.2) is 0 Å². The highest BCUT2D eigenvalue weighted by Crippen LogP contribution is 2.34. The second-order valence-corrected chi connectivity index (χ2v) is 7.09. The third kappa shape index (κ3) is 3.09. The summed E-state index contributed by atoms with van der Waals surface area (Å²) in [6.07, 6.45) is 4.35. The van der Waals surface area contributed by atoms with Crippen molar-refractivity contribution >= 4 is 17.2 Å². The van der Waals surface area contributed by atoms with E-state index in [2.05, 4.69) is 5.16 Å². The van der Waals surface area contributed by atoms with E-state index in [9.17, 15) is 4.79 Å². The summed E-state index contributed by atoms with van der Waals surface area (Å²) in [7, 11) is 0. The van der Waals surface area contributed by atoms with Gasteiger partial charge in [0.2, 0.25) is 5.91 Å². The predicted octanol–water partition coefficient (Wildman–Crippen LogP) is 4.50. The van der Waals surface area contributed by atoms with Gasteiger partial charge in [0.25, 0.3) is 0 Å². The van der Waals surface area contributed by atoms with Crippen LogP contribution in [0.5, 0.6) is 0 Å². The molecule has 2 aromatic heterocycles. The van der Waals surface area contributed by atoms with Crippen molar-refractivity contribution in [3.63, 3.8) is 0 Å². The van der Waals surface area contributed by atoms with Gasteiger partial charge in [-0.2, -0.15) is 0 Å². The smallest absolute Gasteiger partial charge is 0.225 e. The fourth-order valence-electron chi connectivity index (χ4n) is 2.99. The third-order valence-electron chi connectivity index (χ3n) is 4.16. The number of carbonyl (C=O) groups is 1. The Morgan fingerprint density at radius 3 is 3.00 bits per heavy atom. The Hall–Kier alpha value is -1.62. The summed E-state index contributed by atoms with van der Waals surface area (Å²) < 4.78 is 5.51. The fourth-order valence-corrected chi connectivity index (χ4v) is 3.67. The zero-order valence-electron chi connectivity index (χ0n) is 13.1. The van der Waals surface area contributed by atoms with Crippen LogP contribution in [0.15, 0.2) is 28.1 Å². The predicted molar refractivity (Wildman–Crippen MR) is 87.6 cm³/mol. The van der Waals surface area contributed by atoms with Crippen molar-refractivity contribution in [2.75, 3.05) is 6.54 Å². The number of nitrogens with zero attached hydrogens (tertiary/aromatic N) is 2. The quantitative estimate of drug-likeness (QED) is 0.837. The number of rotatable bonds is 3. The van der Waals surface area contributed by atoms with E-state index in [0.717, 1.165) is 42.1 Å². The molecular weight excluding hydrogens is 296 g/mol. The molecule has 2 aromatic rings. The Morgan fingerprint density at radius 2 is 2.27 bits per heavy atom. The molecule has 0 bridgehead atoms. The molecule has 1 saturated heterocycles. The summed E-state index contributed by atoms with van der Waals surface area (Å²) in [5.41, 5.74) is 0.888. The van der Waals surface area contributed by atoms with E-state index in [4.69, 9.17) is 4.52 Å². The van der Waals surface area contributed by atoms with Gasteiger partial charge in [0.15, 0.2) is 5.76 Å². The normalized spacial score (nSPS) is 19.4. The van der Waals surface area contributed by atoms with E-state index in [1.54, 1.807) is 11.3 Å². The molecule has 0 aromatic carbocycles. The summed E-state index contributed by atoms with van der Waals surface area (Å²) in [5.74, 6) is 1.03. The Morgan fingerprint density at radius 1 is 1.41 bits per heavy atom. The zero-order valence-corrected chi connectivity index (χ0v) is 13.9. The summed E-state index contributed by atoms with van der Waals surface area (Å²) in [4.78, 5) is 15.6. The van der Waals surface area contributed by atoms with Crippen LogP contribution < -0.4 is 0 Å². The van der Waals surface area contributed by atoms with Crippen LogP contribution in [-0.4, -0.2) is 22.5 Å². The first-order chi connectivity index (χ1) is 10.7. The molecule has 0 N–H and O–H groups in total. The molecule has 1 atom stereocenters. The van der Waals surface area contributed by atoms with E-state index in [1.165, 1.54) is 6.42 Å². The van der Waals surface area contributed by atoms with Crippen LogP contribution in [0.3, 0.4) is 0 Å². The zero-order chi connectivity index (χ0) is 15.5. The van der Waals surface area contributed by atoms with Crippen molar-refractivity contribution < 1.29 is 9.32 Å². The summed E-state index contributed by atoms with van der Waals surface area (Å²) >= 11 is 1.64. The Labute approximate surface area is 135 Å². The lowest BCUT2D eigenvalue weighted by Gasteiger charge is -2.30. The Balaban J connectivity index is 1.87. The van der Waals surface area contributed by atoms with Crippen molar-refractivity contribution in [1.29, 1.82) is 0 Å². The standard InChI is InChI=1S/C17H22N2O2S/c1-12(2)17(20)19-9-5-3-4-7-14(19)13-11-15(21-18-13)16-8-6-10-22-16/h6,8,10-12,14H,3-5,7,9H2,1-2H3/t14-/m0/s1. The first-order valence-electron chi connectivity index (χ1n) is 7.98. The van der Waals surface area contributed by atoms with Gasteiger partial charge >= 0.3 is 0 Å². The molecule has 118 valence electrons. The SMILES string of the molecule is CC(C)C(=O)N1CCCCC[C@H]1c1cc(-c2cccs2)on1. The average Bonchev–Trinajstić information content (AvgIpc) is 3.13. The van der Waals surface area contributed by atoms with Gasteiger partial charge in [-0.3, -0.25) is 4.79 Å². The molecule has 0 unspecified atom stereocenters. The number of likely N-dealkylation sites (tertiary alicyclic amines) is 1. The molecular formula is C17H22N2O2S. The van der Waals surface area contributed by atoms with E-state index < -0.39 is 0 Å². The molecule has 0 saturated carbocycles. The molecule has 1 aliphatic heterocycles. The fraction of sp³-hybridized carbons (Fsp3) is 0.529. The van der Waals surface area contributed by atoms with Gasteiger partial charge in [-0.1, -0.05) is 37.9 Å². The minimum Gasteiger partial charge on any atom is -0.355 e. The molecule has 5 heteroatoms. The monoisotopic (exact) mass is 318 g/mol. The molecule has 1 aliphatic rings. The number of carbonyl (C=O) groups excluding carboxylic acids is 1. The molecule has 1 fully saturated rings. The van der Waals surface area contributed by atoms with Crippen molar-refractivity contribution in [3.05, 3.63) is 29.3 Å². The third-order valence-corrected chi connectivity index (χ3v) is 5.05. The summed E-state index contributed by atoms with van der Waals surface area (Å²) in [6, 6.07) is 6.08. The highest BCUT2D eigenvalue weighted by Gasteiger charge is 2.30. The van der Waals surface area contributed by atoms with E-state index in [-0.39, 0.29) is 17.9 Å². The number of hydrogen-bond donors (Lipinski definition) is 0. The largest absolute Gasteiger partial charge is 0.355 e. The number of thiophene rings is 1. The molecule has 0 radical (unpaired) electrons. The van der Waals surface area contributed by atoms with Crippen LogP contribution in [0.25, 0.3) is 10.6 Å². The summed E-state index contributed by atoms with van der Waals surface area (Å²) in [6.45, 7) is 4.75. The van der Waals surface area contributed by atoms with Gasteiger partial charge in [0.1, 0.15) is 5.69 Å². The van der Waals surface area contributed by atoms with Gasteiger partial charge in [-0.05, 0) is 24.3 Å². The first kappa shape index (κ1) is 15.3. The molecule has 0 spiro atoms. The molecule has 22 heavy (non-hydrogen) atoms. The highest BCUT2D eigenvalue weighted by molar-refractivity contribution is 7.13. The lowest BCUT2D eigenvalue weighted by Crippen LogP contribution is -2.37. The van der Waals surface area contributed by atoms with Crippen LogP contribution in [-0.2, 0) is 4.79 Å². The Bertz CT molecular complexity index is 618. The number of amides is 1. The summed E-state index contributed by atoms with van der Waals surface area (Å²) in [5, 5.41) is 6.29. The lowest BCUT2D eigenvalue weighted by molar-refractivity contribution is -0.137. The number of hydrogen-bond acceptors (Lipinski definition) is 4. The van der Waals surface area contributed by atoms with Crippen LogP contribution in [0, 0.1) is 5.92 Å². The van der Waals surface area contributed by atoms with Crippen molar-refractivity contribution in [2.45, 2.75) is 45.6 Å². The van der Waals surface area contributed by atoms with Crippen LogP contribution >= 0.6 is 11.3 Å². The second kappa shape index (κ2) is 6.65. The molecule has 3 heterocycles. The molecule has 0 aliphatic carbocycles. The van der Waals surface area contributed by atoms with Crippen LogP contribution in [0.1, 0.15) is 51.3 Å². The Kier molecular flexibility index (Phi) is 4.62. The average molecular weight is 318 g/mol. The first-order valence-corrected chi connectivity index (χ1v) is 8.85. The van der Waals surface area contributed by atoms with Crippen molar-refractivity contribution in [1.82, 2.24) is 10.1 Å². The van der Waals surface area contributed by atoms with E-state index in [0.29, 0.717) is 0 Å². The maximum Gasteiger partial charge on any atom is 0.225 e. The molecule has 1 amide bonds. The maximum atomic E-state index is 12.5. The van der Waals surface area contributed by atoms with Gasteiger partial charge in [-0.15, -0.1) is 11.3 Å². The van der Waals surface area contributed by atoms with Crippen LogP contribution in [0.2, 0.25) is 0 Å². The van der Waals surface area contributed by atoms with E-state index >= 15 is 0 Å². The topological polar surface area (TPSA) is 46.3 Å². The van der Waals surface area contributed by atoms with Crippen molar-refractivity contribution in [2.24, 2.45) is 5.92 Å². The maximum absolute atomic E-state index is 12.5. The molecule has 3 rings (SSSR count). The minimum atomic E-state index is 0.0178.